The van der Waals surface area contributed by atoms with Crippen LogP contribution in [0.4, 0.5) is 43.9 Å². The summed E-state index contributed by atoms with van der Waals surface area (Å²) in [6.45, 7) is 0. The lowest BCUT2D eigenvalue weighted by Gasteiger charge is -2.10. The third-order valence-electron chi connectivity index (χ3n) is 7.86. The summed E-state index contributed by atoms with van der Waals surface area (Å²) in [7, 11) is -11.7. The highest BCUT2D eigenvalue weighted by Crippen LogP contribution is 2.33. The smallest absolute Gasteiger partial charge is 0.357 e. The topological polar surface area (TPSA) is 124 Å². The summed E-state index contributed by atoms with van der Waals surface area (Å²) < 4.78 is 195. The Morgan fingerprint density at radius 2 is 0.635 bits per heavy atom. The number of halogens is 11. The molecule has 0 bridgehead atoms. The Balaban J connectivity index is 0.000000208. The van der Waals surface area contributed by atoms with Crippen LogP contribution in [0.3, 0.4) is 0 Å². The molecule has 0 aliphatic carbocycles. The van der Waals surface area contributed by atoms with Crippen molar-refractivity contribution in [2.24, 2.45) is 0 Å². The first-order valence-corrected chi connectivity index (χ1v) is 23.3. The van der Waals surface area contributed by atoms with Gasteiger partial charge in [-0.25, -0.2) is 60.7 Å². The highest BCUT2D eigenvalue weighted by atomic mass is 127. The van der Waals surface area contributed by atoms with Crippen molar-refractivity contribution >= 4 is 31.1 Å². The SMILES string of the molecule is O=S(=O)([O-])c1c(F)c(F)c(F)c(F)c1F.O=S(=O)([O-])c1c(F)c(F)c(F)c(F)c1F.c1ccc([I+]c2ccc(Oc3ccc([S+](c4ccccc4)c4ccccc4)cc3)cc2)cc1. The molecule has 21 heteroatoms. The van der Waals surface area contributed by atoms with Gasteiger partial charge in [-0.1, -0.05) is 54.6 Å². The second kappa shape index (κ2) is 20.8. The van der Waals surface area contributed by atoms with Crippen LogP contribution < -0.4 is 25.9 Å². The molecule has 0 heterocycles. The number of hydrogen-bond donors (Lipinski definition) is 0. The molecule has 7 aromatic carbocycles. The van der Waals surface area contributed by atoms with E-state index in [2.05, 4.69) is 140 Å². The van der Waals surface area contributed by atoms with Gasteiger partial charge in [0.05, 0.1) is 10.9 Å². The van der Waals surface area contributed by atoms with Crippen LogP contribution in [0.15, 0.2) is 164 Å². The second-order valence-corrected chi connectivity index (χ2v) is 19.7. The third-order valence-corrected chi connectivity index (χ3v) is 14.5. The van der Waals surface area contributed by atoms with E-state index in [4.69, 9.17) is 4.74 Å². The van der Waals surface area contributed by atoms with Crippen LogP contribution in [0.5, 0.6) is 11.5 Å². The van der Waals surface area contributed by atoms with Crippen LogP contribution in [-0.2, 0) is 31.1 Å². The molecule has 0 atom stereocenters. The molecule has 63 heavy (non-hydrogen) atoms. The molecular weight excluding hydrogens is 1030 g/mol. The Morgan fingerprint density at radius 3 is 0.968 bits per heavy atom. The monoisotopic (exact) mass is 1050 g/mol. The average molecular weight is 1050 g/mol. The van der Waals surface area contributed by atoms with Crippen molar-refractivity contribution < 1.29 is 95.8 Å². The Kier molecular flexibility index (Phi) is 16.0. The maximum atomic E-state index is 12.6. The lowest BCUT2D eigenvalue weighted by molar-refractivity contribution is -0.597. The molecule has 0 N–H and O–H groups in total. The van der Waals surface area contributed by atoms with E-state index in [9.17, 15) is 69.8 Å². The summed E-state index contributed by atoms with van der Waals surface area (Å²) in [5.41, 5.74) is 0. The molecule has 0 saturated heterocycles. The summed E-state index contributed by atoms with van der Waals surface area (Å²) in [4.78, 5) is -0.843. The van der Waals surface area contributed by atoms with E-state index in [0.717, 1.165) is 11.5 Å². The summed E-state index contributed by atoms with van der Waals surface area (Å²) >= 11 is -0.156. The van der Waals surface area contributed by atoms with Crippen molar-refractivity contribution in [2.75, 3.05) is 0 Å². The normalized spacial score (nSPS) is 11.3. The fraction of sp³-hybridized carbons (Fsp3) is 0. The van der Waals surface area contributed by atoms with Crippen molar-refractivity contribution in [3.8, 4) is 11.5 Å². The van der Waals surface area contributed by atoms with Crippen molar-refractivity contribution in [2.45, 2.75) is 24.5 Å². The van der Waals surface area contributed by atoms with Crippen LogP contribution in [0.1, 0.15) is 0 Å². The summed E-state index contributed by atoms with van der Waals surface area (Å²) in [5, 5.41) is 0. The molecule has 0 fully saturated rings. The summed E-state index contributed by atoms with van der Waals surface area (Å²) in [6.07, 6.45) is 0. The number of ether oxygens (including phenoxy) is 1. The molecule has 0 amide bonds. The van der Waals surface area contributed by atoms with Gasteiger partial charge in [0.25, 0.3) is 0 Å². The van der Waals surface area contributed by atoms with E-state index in [1.54, 1.807) is 0 Å². The van der Waals surface area contributed by atoms with Gasteiger partial charge in [0.1, 0.15) is 41.5 Å². The highest BCUT2D eigenvalue weighted by Gasteiger charge is 2.31. The lowest BCUT2D eigenvalue weighted by Crippen LogP contribution is -3.61. The Bertz CT molecular complexity index is 2740. The fourth-order valence-electron chi connectivity index (χ4n) is 5.08. The van der Waals surface area contributed by atoms with Gasteiger partial charge in [0.15, 0.2) is 68.4 Å². The van der Waals surface area contributed by atoms with Gasteiger partial charge in [-0.05, 0) is 84.9 Å². The van der Waals surface area contributed by atoms with E-state index < -0.39 is 88.2 Å². The minimum atomic E-state index is -5.77. The summed E-state index contributed by atoms with van der Waals surface area (Å²) in [5.74, 6) is -23.9. The molecule has 0 unspecified atom stereocenters. The predicted octanol–water partition coefficient (Wildman–Crippen LogP) is 7.28. The Hall–Kier alpha value is -5.46. The Labute approximate surface area is 365 Å². The zero-order valence-corrected chi connectivity index (χ0v) is 35.6. The molecule has 0 aliphatic heterocycles. The maximum absolute atomic E-state index is 12.6. The Morgan fingerprint density at radius 1 is 0.365 bits per heavy atom. The number of rotatable bonds is 9. The van der Waals surface area contributed by atoms with Gasteiger partial charge in [-0.2, -0.15) is 0 Å². The molecule has 7 rings (SSSR count). The van der Waals surface area contributed by atoms with Gasteiger partial charge in [0.2, 0.25) is 11.6 Å². The molecule has 7 aromatic rings. The molecule has 0 spiro atoms. The van der Waals surface area contributed by atoms with E-state index >= 15 is 0 Å². The molecule has 0 aromatic heterocycles. The molecule has 0 saturated carbocycles. The van der Waals surface area contributed by atoms with E-state index in [1.165, 1.54) is 21.8 Å². The third kappa shape index (κ3) is 12.0. The van der Waals surface area contributed by atoms with Crippen LogP contribution in [0.2, 0.25) is 0 Å². The van der Waals surface area contributed by atoms with E-state index in [0.29, 0.717) is 0 Å². The van der Waals surface area contributed by atoms with Gasteiger partial charge < -0.3 is 13.8 Å². The molecule has 328 valence electrons. The molecular formula is C42H23F10IO7S3. The van der Waals surface area contributed by atoms with Crippen molar-refractivity contribution in [3.05, 3.63) is 205 Å². The summed E-state index contributed by atoms with van der Waals surface area (Å²) in [6, 6.07) is 49.2. The van der Waals surface area contributed by atoms with Gasteiger partial charge in [-0.3, -0.25) is 0 Å². The fourth-order valence-corrected chi connectivity index (χ4v) is 10.6. The molecule has 7 nitrogen and oxygen atoms in total. The lowest BCUT2D eigenvalue weighted by atomic mass is 10.3. The first-order valence-electron chi connectivity index (χ1n) is 17.1. The predicted molar refractivity (Wildman–Crippen MR) is 200 cm³/mol. The quantitative estimate of drug-likeness (QED) is 0.0372. The zero-order chi connectivity index (χ0) is 46.2. The van der Waals surface area contributed by atoms with Crippen LogP contribution >= 0.6 is 0 Å². The van der Waals surface area contributed by atoms with Crippen molar-refractivity contribution in [1.29, 1.82) is 0 Å². The highest BCUT2D eigenvalue weighted by molar-refractivity contribution is 7.97. The second-order valence-electron chi connectivity index (χ2n) is 12.1. The van der Waals surface area contributed by atoms with Crippen LogP contribution in [0, 0.1) is 65.3 Å². The minimum absolute atomic E-state index is 0.144. The number of hydrogen-bond acceptors (Lipinski definition) is 7. The number of benzene rings is 7. The van der Waals surface area contributed by atoms with Gasteiger partial charge >= 0.3 is 21.2 Å². The van der Waals surface area contributed by atoms with Gasteiger partial charge in [0, 0.05) is 0 Å². The molecule has 0 aliphatic rings. The van der Waals surface area contributed by atoms with Crippen molar-refractivity contribution in [3.63, 3.8) is 0 Å². The van der Waals surface area contributed by atoms with E-state index in [1.807, 2.05) is 0 Å². The first-order chi connectivity index (χ1) is 29.7. The first kappa shape index (κ1) is 48.6. The maximum Gasteiger partial charge on any atom is 0.357 e. The standard InChI is InChI=1S/C30H23IOS.2C6HF5O3S/c1-4-10-24(11-5-1)31-25-16-18-26(19-17-25)32-27-20-22-30(23-21-27)33(28-12-6-2-7-13-28)29-14-8-3-9-15-29;2*7-1-2(8)4(10)6(15(12,13)14)5(11)3(1)9/h1-23H;2*(H,12,13,14)/q+2;;/p-2. The minimum Gasteiger partial charge on any atom is -0.744 e. The largest absolute Gasteiger partial charge is 0.744 e. The van der Waals surface area contributed by atoms with Crippen molar-refractivity contribution in [1.82, 2.24) is 0 Å². The molecule has 0 radical (unpaired) electrons. The van der Waals surface area contributed by atoms with E-state index in [-0.39, 0.29) is 32.1 Å². The average Bonchev–Trinajstić information content (AvgIpc) is 3.26. The van der Waals surface area contributed by atoms with Gasteiger partial charge in [-0.15, -0.1) is 0 Å². The van der Waals surface area contributed by atoms with Crippen LogP contribution in [-0.4, -0.2) is 25.9 Å². The van der Waals surface area contributed by atoms with Crippen LogP contribution in [0.25, 0.3) is 0 Å². The zero-order valence-electron chi connectivity index (χ0n) is 31.0.